The van der Waals surface area contributed by atoms with Gasteiger partial charge in [-0.2, -0.15) is 14.9 Å². The number of aromatic hydroxyl groups is 1. The summed E-state index contributed by atoms with van der Waals surface area (Å²) < 4.78 is 14.8. The van der Waals surface area contributed by atoms with Crippen molar-refractivity contribution in [2.45, 2.75) is 0 Å². The van der Waals surface area contributed by atoms with Gasteiger partial charge in [-0.3, -0.25) is 10.1 Å². The second-order valence-corrected chi connectivity index (χ2v) is 5.31. The fourth-order valence-corrected chi connectivity index (χ4v) is 2.28. The molecule has 0 aliphatic rings. The van der Waals surface area contributed by atoms with E-state index in [9.17, 15) is 19.6 Å². The summed E-state index contributed by atoms with van der Waals surface area (Å²) in [6.07, 6.45) is 1.32. The molecule has 2 N–H and O–H groups in total. The standard InChI is InChI=1S/C15H10FN5O3S/c16-11-3-1-2-10(7-11)14-18-19-15(25)20(14)17-8-9-4-5-13(22)12(6-9)21(23)24/h1-8,22H,(H,19,25)/b17-8+. The highest BCUT2D eigenvalue weighted by Gasteiger charge is 2.13. The Kier molecular flexibility index (Phi) is 4.35. The van der Waals surface area contributed by atoms with Crippen LogP contribution < -0.4 is 0 Å². The van der Waals surface area contributed by atoms with Gasteiger partial charge in [-0.05, 0) is 36.5 Å². The van der Waals surface area contributed by atoms with Crippen LogP contribution in [0.5, 0.6) is 5.75 Å². The van der Waals surface area contributed by atoms with E-state index in [0.717, 1.165) is 0 Å². The predicted octanol–water partition coefficient (Wildman–Crippen LogP) is 3.24. The number of rotatable bonds is 4. The van der Waals surface area contributed by atoms with E-state index in [1.165, 1.54) is 47.3 Å². The molecule has 0 radical (unpaired) electrons. The Hall–Kier alpha value is -3.40. The van der Waals surface area contributed by atoms with E-state index in [1.54, 1.807) is 6.07 Å². The van der Waals surface area contributed by atoms with Gasteiger partial charge in [0.15, 0.2) is 11.6 Å². The van der Waals surface area contributed by atoms with Crippen LogP contribution in [-0.2, 0) is 0 Å². The van der Waals surface area contributed by atoms with Crippen LogP contribution in [0, 0.1) is 20.7 Å². The average molecular weight is 359 g/mol. The van der Waals surface area contributed by atoms with E-state index >= 15 is 0 Å². The Morgan fingerprint density at radius 2 is 2.16 bits per heavy atom. The number of aromatic nitrogens is 3. The van der Waals surface area contributed by atoms with Gasteiger partial charge in [0.1, 0.15) is 5.82 Å². The molecule has 0 atom stereocenters. The summed E-state index contributed by atoms with van der Waals surface area (Å²) in [5, 5.41) is 31.0. The van der Waals surface area contributed by atoms with E-state index < -0.39 is 22.2 Å². The molecule has 0 amide bonds. The van der Waals surface area contributed by atoms with Crippen molar-refractivity contribution in [3.8, 4) is 17.1 Å². The zero-order valence-corrected chi connectivity index (χ0v) is 13.3. The molecular formula is C15H10FN5O3S. The minimum absolute atomic E-state index is 0.170. The summed E-state index contributed by atoms with van der Waals surface area (Å²) in [6, 6.07) is 9.57. The van der Waals surface area contributed by atoms with Crippen LogP contribution in [0.4, 0.5) is 10.1 Å². The van der Waals surface area contributed by atoms with Crippen LogP contribution in [0.2, 0.25) is 0 Å². The van der Waals surface area contributed by atoms with E-state index in [-0.39, 0.29) is 10.6 Å². The Morgan fingerprint density at radius 1 is 1.36 bits per heavy atom. The summed E-state index contributed by atoms with van der Waals surface area (Å²) in [5.74, 6) is -0.590. The number of hydrogen-bond donors (Lipinski definition) is 2. The second kappa shape index (κ2) is 6.61. The predicted molar refractivity (Wildman–Crippen MR) is 90.6 cm³/mol. The molecule has 0 aliphatic heterocycles. The highest BCUT2D eigenvalue weighted by atomic mass is 32.1. The van der Waals surface area contributed by atoms with Crippen molar-refractivity contribution in [3.63, 3.8) is 0 Å². The fourth-order valence-electron chi connectivity index (χ4n) is 2.10. The molecule has 0 unspecified atom stereocenters. The van der Waals surface area contributed by atoms with Crippen molar-refractivity contribution in [2.75, 3.05) is 0 Å². The lowest BCUT2D eigenvalue weighted by Gasteiger charge is -2.01. The molecule has 3 aromatic rings. The Labute approximate surface area is 145 Å². The van der Waals surface area contributed by atoms with Crippen LogP contribution >= 0.6 is 12.2 Å². The summed E-state index contributed by atoms with van der Waals surface area (Å²) in [4.78, 5) is 10.2. The molecule has 8 nitrogen and oxygen atoms in total. The van der Waals surface area contributed by atoms with Gasteiger partial charge in [0.2, 0.25) is 4.77 Å². The fraction of sp³-hybridized carbons (Fsp3) is 0. The molecule has 0 spiro atoms. The molecule has 0 aliphatic carbocycles. The van der Waals surface area contributed by atoms with Gasteiger partial charge in [0.05, 0.1) is 11.1 Å². The minimum atomic E-state index is -0.700. The topological polar surface area (TPSA) is 109 Å². The number of phenols is 1. The summed E-state index contributed by atoms with van der Waals surface area (Å²) in [5.41, 5.74) is 0.393. The van der Waals surface area contributed by atoms with Gasteiger partial charge in [0.25, 0.3) is 0 Å². The largest absolute Gasteiger partial charge is 0.502 e. The lowest BCUT2D eigenvalue weighted by molar-refractivity contribution is -0.385. The Bertz CT molecular complexity index is 1040. The van der Waals surface area contributed by atoms with Gasteiger partial charge < -0.3 is 5.11 Å². The summed E-state index contributed by atoms with van der Waals surface area (Å²) in [6.45, 7) is 0. The van der Waals surface area contributed by atoms with E-state index in [0.29, 0.717) is 11.1 Å². The monoisotopic (exact) mass is 359 g/mol. The van der Waals surface area contributed by atoms with E-state index in [2.05, 4.69) is 15.3 Å². The third kappa shape index (κ3) is 3.43. The smallest absolute Gasteiger partial charge is 0.311 e. The number of hydrogen-bond acceptors (Lipinski definition) is 6. The maximum Gasteiger partial charge on any atom is 0.311 e. The lowest BCUT2D eigenvalue weighted by Crippen LogP contribution is -1.96. The van der Waals surface area contributed by atoms with Gasteiger partial charge in [-0.15, -0.1) is 0 Å². The lowest BCUT2D eigenvalue weighted by atomic mass is 10.2. The van der Waals surface area contributed by atoms with Crippen LogP contribution in [0.25, 0.3) is 11.4 Å². The first-order valence-corrected chi connectivity index (χ1v) is 7.31. The summed E-state index contributed by atoms with van der Waals surface area (Å²) >= 11 is 5.10. The highest BCUT2D eigenvalue weighted by Crippen LogP contribution is 2.25. The molecule has 126 valence electrons. The van der Waals surface area contributed by atoms with Gasteiger partial charge in [0, 0.05) is 17.2 Å². The molecule has 0 fully saturated rings. The van der Waals surface area contributed by atoms with Crippen molar-refractivity contribution in [1.82, 2.24) is 14.9 Å². The molecule has 0 bridgehead atoms. The Balaban J connectivity index is 2.00. The minimum Gasteiger partial charge on any atom is -0.502 e. The molecule has 1 aromatic heterocycles. The summed E-state index contributed by atoms with van der Waals surface area (Å²) in [7, 11) is 0. The average Bonchev–Trinajstić information content (AvgIpc) is 2.94. The van der Waals surface area contributed by atoms with Gasteiger partial charge in [-0.1, -0.05) is 12.1 Å². The molecule has 10 heteroatoms. The maximum atomic E-state index is 13.4. The normalized spacial score (nSPS) is 11.1. The van der Waals surface area contributed by atoms with Crippen molar-refractivity contribution >= 4 is 24.1 Å². The molecular weight excluding hydrogens is 349 g/mol. The number of nitrogens with zero attached hydrogens (tertiary/aromatic N) is 4. The zero-order valence-electron chi connectivity index (χ0n) is 12.5. The number of aromatic amines is 1. The van der Waals surface area contributed by atoms with Crippen LogP contribution in [0.3, 0.4) is 0 Å². The molecule has 3 rings (SSSR count). The van der Waals surface area contributed by atoms with Crippen molar-refractivity contribution in [3.05, 3.63) is 68.7 Å². The molecule has 25 heavy (non-hydrogen) atoms. The van der Waals surface area contributed by atoms with Gasteiger partial charge >= 0.3 is 5.69 Å². The van der Waals surface area contributed by atoms with E-state index in [1.807, 2.05) is 0 Å². The first kappa shape index (κ1) is 16.5. The number of nitrogens with one attached hydrogen (secondary N) is 1. The van der Waals surface area contributed by atoms with Crippen LogP contribution in [-0.4, -0.2) is 31.1 Å². The number of nitro benzene ring substituents is 1. The van der Waals surface area contributed by atoms with Crippen molar-refractivity contribution in [2.24, 2.45) is 5.10 Å². The molecule has 1 heterocycles. The van der Waals surface area contributed by atoms with Crippen molar-refractivity contribution in [1.29, 1.82) is 0 Å². The SMILES string of the molecule is O=[N+]([O-])c1cc(/C=N/n2c(-c3cccc(F)c3)n[nH]c2=S)ccc1O. The van der Waals surface area contributed by atoms with Gasteiger partial charge in [-0.25, -0.2) is 9.49 Å². The number of H-pyrrole nitrogens is 1. The quantitative estimate of drug-likeness (QED) is 0.322. The number of benzene rings is 2. The third-order valence-electron chi connectivity index (χ3n) is 3.25. The number of halogens is 1. The first-order chi connectivity index (χ1) is 12.0. The zero-order chi connectivity index (χ0) is 18.0. The molecule has 0 saturated carbocycles. The molecule has 2 aromatic carbocycles. The third-order valence-corrected chi connectivity index (χ3v) is 3.52. The number of phenolic OH excluding ortho intramolecular Hbond substituents is 1. The van der Waals surface area contributed by atoms with Crippen LogP contribution in [0.15, 0.2) is 47.6 Å². The van der Waals surface area contributed by atoms with Crippen molar-refractivity contribution < 1.29 is 14.4 Å². The molecule has 0 saturated heterocycles. The van der Waals surface area contributed by atoms with E-state index in [4.69, 9.17) is 12.2 Å². The number of nitro groups is 1. The first-order valence-electron chi connectivity index (χ1n) is 6.91. The second-order valence-electron chi connectivity index (χ2n) is 4.92. The highest BCUT2D eigenvalue weighted by molar-refractivity contribution is 7.71. The maximum absolute atomic E-state index is 13.4. The van der Waals surface area contributed by atoms with Crippen LogP contribution in [0.1, 0.15) is 5.56 Å². The Morgan fingerprint density at radius 3 is 2.88 bits per heavy atom.